The summed E-state index contributed by atoms with van der Waals surface area (Å²) in [5, 5.41) is 3.65. The molecule has 2 aromatic heterocycles. The van der Waals surface area contributed by atoms with E-state index in [2.05, 4.69) is 10.3 Å². The van der Waals surface area contributed by atoms with Crippen LogP contribution in [-0.2, 0) is 11.2 Å². The van der Waals surface area contributed by atoms with E-state index in [4.69, 9.17) is 10.2 Å². The van der Waals surface area contributed by atoms with Crippen LogP contribution in [0.5, 0.6) is 0 Å². The maximum atomic E-state index is 13.0. The second-order valence-corrected chi connectivity index (χ2v) is 6.78. The van der Waals surface area contributed by atoms with Crippen LogP contribution < -0.4 is 11.1 Å². The van der Waals surface area contributed by atoms with E-state index < -0.39 is 5.91 Å². The highest BCUT2D eigenvalue weighted by Crippen LogP contribution is 2.27. The molecular weight excluding hydrogens is 366 g/mol. The molecule has 6 heteroatoms. The summed E-state index contributed by atoms with van der Waals surface area (Å²) in [7, 11) is 0. The third kappa shape index (κ3) is 4.01. The Hall–Kier alpha value is -3.93. The fourth-order valence-corrected chi connectivity index (χ4v) is 3.17. The summed E-state index contributed by atoms with van der Waals surface area (Å²) in [4.78, 5) is 28.7. The van der Waals surface area contributed by atoms with Crippen molar-refractivity contribution in [2.24, 2.45) is 5.73 Å². The van der Waals surface area contributed by atoms with Crippen LogP contribution in [0.4, 0.5) is 5.69 Å². The number of pyridine rings is 1. The molecule has 2 amide bonds. The van der Waals surface area contributed by atoms with Crippen molar-refractivity contribution in [2.75, 3.05) is 5.32 Å². The van der Waals surface area contributed by atoms with Crippen molar-refractivity contribution < 1.29 is 14.0 Å². The van der Waals surface area contributed by atoms with Crippen LogP contribution in [0, 0.1) is 6.92 Å². The molecule has 0 spiro atoms. The number of para-hydroxylation sites is 1. The van der Waals surface area contributed by atoms with E-state index >= 15 is 0 Å². The zero-order chi connectivity index (χ0) is 20.4. The number of amides is 2. The molecular formula is C23H19N3O3. The quantitative estimate of drug-likeness (QED) is 0.541. The second-order valence-electron chi connectivity index (χ2n) is 6.78. The number of furan rings is 1. The van der Waals surface area contributed by atoms with Crippen LogP contribution in [0.1, 0.15) is 21.7 Å². The highest BCUT2D eigenvalue weighted by atomic mass is 16.3. The van der Waals surface area contributed by atoms with Gasteiger partial charge in [-0.05, 0) is 48.9 Å². The molecule has 3 N–H and O–H groups in total. The normalized spacial score (nSPS) is 10.8. The lowest BCUT2D eigenvalue weighted by atomic mass is 10.1. The molecule has 2 heterocycles. The number of fused-ring (bicyclic) bond motifs is 1. The van der Waals surface area contributed by atoms with Crippen LogP contribution in [0.25, 0.3) is 22.4 Å². The van der Waals surface area contributed by atoms with Crippen molar-refractivity contribution in [1.29, 1.82) is 0 Å². The molecule has 2 aromatic carbocycles. The molecule has 0 saturated heterocycles. The molecule has 0 unspecified atom stereocenters. The molecule has 0 aliphatic heterocycles. The minimum atomic E-state index is -0.397. The zero-order valence-electron chi connectivity index (χ0n) is 15.8. The Bertz CT molecular complexity index is 1210. The third-order valence-electron chi connectivity index (χ3n) is 4.54. The van der Waals surface area contributed by atoms with Crippen molar-refractivity contribution >= 4 is 28.4 Å². The minimum absolute atomic E-state index is 0.162. The lowest BCUT2D eigenvalue weighted by Gasteiger charge is -2.10. The number of aryl methyl sites for hydroxylation is 1. The number of primary amides is 1. The molecule has 0 saturated carbocycles. The van der Waals surface area contributed by atoms with E-state index in [1.54, 1.807) is 30.3 Å². The summed E-state index contributed by atoms with van der Waals surface area (Å²) in [6.07, 6.45) is 0.162. The predicted molar refractivity (Wildman–Crippen MR) is 111 cm³/mol. The molecule has 0 radical (unpaired) electrons. The number of carbonyl (C=O) groups excluding carboxylic acids is 2. The molecule has 0 aliphatic rings. The first-order chi connectivity index (χ1) is 14.0. The molecule has 0 bridgehead atoms. The van der Waals surface area contributed by atoms with E-state index in [9.17, 15) is 9.59 Å². The minimum Gasteiger partial charge on any atom is -0.460 e. The van der Waals surface area contributed by atoms with E-state index in [1.165, 1.54) is 0 Å². The standard InChI is InChI=1S/C23H19N3O3/c1-14-6-11-21(29-14)20-13-18(17-4-2-3-5-19(17)26-20)23(28)25-16-9-7-15(8-10-16)12-22(24)27/h2-11,13H,12H2,1H3,(H2,24,27)(H,25,28). The number of rotatable bonds is 5. The van der Waals surface area contributed by atoms with E-state index in [0.29, 0.717) is 28.2 Å². The van der Waals surface area contributed by atoms with Gasteiger partial charge < -0.3 is 15.5 Å². The van der Waals surface area contributed by atoms with Gasteiger partial charge in [-0.2, -0.15) is 0 Å². The number of aromatic nitrogens is 1. The Morgan fingerprint density at radius 3 is 2.48 bits per heavy atom. The number of nitrogens with zero attached hydrogens (tertiary/aromatic N) is 1. The van der Waals surface area contributed by atoms with Crippen molar-refractivity contribution in [1.82, 2.24) is 4.98 Å². The van der Waals surface area contributed by atoms with Crippen molar-refractivity contribution in [2.45, 2.75) is 13.3 Å². The summed E-state index contributed by atoms with van der Waals surface area (Å²) in [6.45, 7) is 1.86. The van der Waals surface area contributed by atoms with E-state index in [1.807, 2.05) is 43.3 Å². The van der Waals surface area contributed by atoms with Crippen LogP contribution >= 0.6 is 0 Å². The molecule has 6 nitrogen and oxygen atoms in total. The lowest BCUT2D eigenvalue weighted by molar-refractivity contribution is -0.117. The Morgan fingerprint density at radius 2 is 1.79 bits per heavy atom. The van der Waals surface area contributed by atoms with Gasteiger partial charge in [-0.15, -0.1) is 0 Å². The number of anilines is 1. The number of nitrogens with two attached hydrogens (primary N) is 1. The zero-order valence-corrected chi connectivity index (χ0v) is 15.8. The molecule has 0 fully saturated rings. The number of hydrogen-bond donors (Lipinski definition) is 2. The van der Waals surface area contributed by atoms with Gasteiger partial charge in [-0.25, -0.2) is 4.98 Å². The Morgan fingerprint density at radius 1 is 1.03 bits per heavy atom. The highest BCUT2D eigenvalue weighted by Gasteiger charge is 2.15. The largest absolute Gasteiger partial charge is 0.460 e. The first-order valence-electron chi connectivity index (χ1n) is 9.15. The summed E-state index contributed by atoms with van der Waals surface area (Å²) in [6, 6.07) is 19.9. The molecule has 144 valence electrons. The summed E-state index contributed by atoms with van der Waals surface area (Å²) >= 11 is 0. The SMILES string of the molecule is Cc1ccc(-c2cc(C(=O)Nc3ccc(CC(N)=O)cc3)c3ccccc3n2)o1. The van der Waals surface area contributed by atoms with Gasteiger partial charge in [0.1, 0.15) is 11.5 Å². The van der Waals surface area contributed by atoms with Gasteiger partial charge in [0, 0.05) is 11.1 Å². The fourth-order valence-electron chi connectivity index (χ4n) is 3.17. The molecule has 4 aromatic rings. The maximum Gasteiger partial charge on any atom is 0.256 e. The van der Waals surface area contributed by atoms with Gasteiger partial charge in [-0.1, -0.05) is 30.3 Å². The van der Waals surface area contributed by atoms with Gasteiger partial charge in [0.2, 0.25) is 5.91 Å². The smallest absolute Gasteiger partial charge is 0.256 e. The van der Waals surface area contributed by atoms with Crippen molar-refractivity contribution in [3.05, 3.63) is 83.6 Å². The average Bonchev–Trinajstić information content (AvgIpc) is 3.14. The number of carbonyl (C=O) groups is 2. The lowest BCUT2D eigenvalue weighted by Crippen LogP contribution is -2.14. The maximum absolute atomic E-state index is 13.0. The van der Waals surface area contributed by atoms with Crippen LogP contribution in [0.15, 0.2) is 71.1 Å². The number of hydrogen-bond acceptors (Lipinski definition) is 4. The number of benzene rings is 2. The van der Waals surface area contributed by atoms with Crippen molar-refractivity contribution in [3.63, 3.8) is 0 Å². The van der Waals surface area contributed by atoms with Crippen molar-refractivity contribution in [3.8, 4) is 11.5 Å². The first-order valence-corrected chi connectivity index (χ1v) is 9.15. The monoisotopic (exact) mass is 385 g/mol. The highest BCUT2D eigenvalue weighted by molar-refractivity contribution is 6.13. The molecule has 29 heavy (non-hydrogen) atoms. The summed E-state index contributed by atoms with van der Waals surface area (Å²) < 4.78 is 5.68. The van der Waals surface area contributed by atoms with Gasteiger partial charge in [-0.3, -0.25) is 9.59 Å². The topological polar surface area (TPSA) is 98.2 Å². The first kappa shape index (κ1) is 18.4. The van der Waals surface area contributed by atoms with Gasteiger partial charge >= 0.3 is 0 Å². The summed E-state index contributed by atoms with van der Waals surface area (Å²) in [5.41, 5.74) is 8.44. The molecule has 0 atom stereocenters. The number of nitrogens with one attached hydrogen (secondary N) is 1. The average molecular weight is 385 g/mol. The van der Waals surface area contributed by atoms with Gasteiger partial charge in [0.15, 0.2) is 5.76 Å². The fraction of sp³-hybridized carbons (Fsp3) is 0.0870. The Kier molecular flexibility index (Phi) is 4.83. The molecule has 4 rings (SSSR count). The van der Waals surface area contributed by atoms with Crippen LogP contribution in [-0.4, -0.2) is 16.8 Å². The second kappa shape index (κ2) is 7.59. The third-order valence-corrected chi connectivity index (χ3v) is 4.54. The van der Waals surface area contributed by atoms with Gasteiger partial charge in [0.25, 0.3) is 5.91 Å². The Balaban J connectivity index is 1.68. The molecule has 0 aliphatic carbocycles. The van der Waals surface area contributed by atoms with Crippen LogP contribution in [0.2, 0.25) is 0 Å². The van der Waals surface area contributed by atoms with E-state index in [0.717, 1.165) is 16.7 Å². The van der Waals surface area contributed by atoms with E-state index in [-0.39, 0.29) is 12.3 Å². The van der Waals surface area contributed by atoms with Crippen LogP contribution in [0.3, 0.4) is 0 Å². The summed E-state index contributed by atoms with van der Waals surface area (Å²) in [5.74, 6) is 0.733. The predicted octanol–water partition coefficient (Wildman–Crippen LogP) is 4.08. The van der Waals surface area contributed by atoms with Gasteiger partial charge in [0.05, 0.1) is 17.5 Å². The Labute approximate surface area is 167 Å².